The third-order valence-electron chi connectivity index (χ3n) is 3.40. The summed E-state index contributed by atoms with van der Waals surface area (Å²) in [5.74, 6) is 0.387. The zero-order chi connectivity index (χ0) is 15.2. The Morgan fingerprint density at radius 2 is 1.60 bits per heavy atom. The highest BCUT2D eigenvalue weighted by molar-refractivity contribution is 7.89. The fourth-order valence-corrected chi connectivity index (χ4v) is 3.35. The molecule has 0 aliphatic carbocycles. The van der Waals surface area contributed by atoms with Crippen LogP contribution >= 0.6 is 0 Å². The minimum atomic E-state index is -3.66. The second kappa shape index (κ2) is 7.73. The number of hydrogen-bond donors (Lipinski definition) is 2. The highest BCUT2D eigenvalue weighted by Gasteiger charge is 2.23. The molecule has 0 fully saturated rings. The lowest BCUT2D eigenvalue weighted by Gasteiger charge is -2.20. The van der Waals surface area contributed by atoms with Crippen LogP contribution in [0.4, 0.5) is 0 Å². The van der Waals surface area contributed by atoms with Gasteiger partial charge in [-0.3, -0.25) is 0 Å². The van der Waals surface area contributed by atoms with E-state index in [1.54, 1.807) is 12.1 Å². The number of rotatable bonds is 8. The smallest absolute Gasteiger partial charge is 0.243 e. The van der Waals surface area contributed by atoms with Crippen LogP contribution in [0.3, 0.4) is 0 Å². The Hall–Kier alpha value is -0.950. The van der Waals surface area contributed by atoms with E-state index in [0.717, 1.165) is 16.3 Å². The van der Waals surface area contributed by atoms with E-state index >= 15 is 0 Å². The predicted octanol–water partition coefficient (Wildman–Crippen LogP) is 1.18. The van der Waals surface area contributed by atoms with E-state index in [0.29, 0.717) is 5.92 Å². The first-order chi connectivity index (χ1) is 9.47. The van der Waals surface area contributed by atoms with Crippen LogP contribution in [0.5, 0.6) is 0 Å². The monoisotopic (exact) mass is 301 g/mol. The van der Waals surface area contributed by atoms with Crippen LogP contribution in [0.1, 0.15) is 31.7 Å². The highest BCUT2D eigenvalue weighted by Crippen LogP contribution is 2.22. The SMILES string of the molecule is CCC(C)c1ccc(S(=O)(=O)N(CCO)CCO)cc1. The molecule has 0 saturated heterocycles. The van der Waals surface area contributed by atoms with E-state index in [9.17, 15) is 8.42 Å². The lowest BCUT2D eigenvalue weighted by Crippen LogP contribution is -2.35. The van der Waals surface area contributed by atoms with Gasteiger partial charge in [0.15, 0.2) is 0 Å². The van der Waals surface area contributed by atoms with Crippen molar-refractivity contribution in [3.8, 4) is 0 Å². The van der Waals surface area contributed by atoms with Crippen LogP contribution in [0.25, 0.3) is 0 Å². The summed E-state index contributed by atoms with van der Waals surface area (Å²) in [4.78, 5) is 0.187. The maximum atomic E-state index is 12.4. The molecule has 0 aliphatic rings. The predicted molar refractivity (Wildman–Crippen MR) is 78.1 cm³/mol. The van der Waals surface area contributed by atoms with E-state index in [1.807, 2.05) is 12.1 Å². The molecule has 1 rings (SSSR count). The summed E-state index contributed by atoms with van der Waals surface area (Å²) in [6, 6.07) is 6.80. The summed E-state index contributed by atoms with van der Waals surface area (Å²) >= 11 is 0. The zero-order valence-corrected chi connectivity index (χ0v) is 12.8. The van der Waals surface area contributed by atoms with E-state index in [-0.39, 0.29) is 31.2 Å². The Bertz CT molecular complexity index is 492. The molecular formula is C14H23NO4S. The molecule has 0 aliphatic heterocycles. The number of aliphatic hydroxyl groups is 2. The molecule has 20 heavy (non-hydrogen) atoms. The summed E-state index contributed by atoms with van der Waals surface area (Å²) in [6.45, 7) is 3.59. The topological polar surface area (TPSA) is 77.8 Å². The van der Waals surface area contributed by atoms with Crippen molar-refractivity contribution < 1.29 is 18.6 Å². The standard InChI is InChI=1S/C14H23NO4S/c1-3-12(2)13-4-6-14(7-5-13)20(18,19)15(8-10-16)9-11-17/h4-7,12,16-17H,3,8-11H2,1-2H3. The fourth-order valence-electron chi connectivity index (χ4n) is 1.93. The molecule has 0 spiro atoms. The van der Waals surface area contributed by atoms with Crippen molar-refractivity contribution in [3.63, 3.8) is 0 Å². The van der Waals surface area contributed by atoms with E-state index in [1.165, 1.54) is 0 Å². The van der Waals surface area contributed by atoms with E-state index < -0.39 is 10.0 Å². The molecule has 0 amide bonds. The van der Waals surface area contributed by atoms with Crippen molar-refractivity contribution in [1.29, 1.82) is 0 Å². The lowest BCUT2D eigenvalue weighted by molar-refractivity contribution is 0.217. The van der Waals surface area contributed by atoms with Gasteiger partial charge in [-0.05, 0) is 30.0 Å². The molecule has 6 heteroatoms. The van der Waals surface area contributed by atoms with Crippen LogP contribution in [0.15, 0.2) is 29.2 Å². The van der Waals surface area contributed by atoms with Gasteiger partial charge in [-0.25, -0.2) is 8.42 Å². The lowest BCUT2D eigenvalue weighted by atomic mass is 9.99. The first-order valence-corrected chi connectivity index (χ1v) is 8.23. The number of benzene rings is 1. The highest BCUT2D eigenvalue weighted by atomic mass is 32.2. The molecule has 0 heterocycles. The van der Waals surface area contributed by atoms with Crippen molar-refractivity contribution in [2.45, 2.75) is 31.1 Å². The van der Waals surface area contributed by atoms with Crippen LogP contribution in [0.2, 0.25) is 0 Å². The van der Waals surface area contributed by atoms with Gasteiger partial charge in [0, 0.05) is 13.1 Å². The van der Waals surface area contributed by atoms with Gasteiger partial charge >= 0.3 is 0 Å². The molecule has 1 aromatic carbocycles. The third kappa shape index (κ3) is 4.02. The normalized spacial score (nSPS) is 13.7. The molecule has 0 aromatic heterocycles. The van der Waals surface area contributed by atoms with Crippen LogP contribution in [-0.4, -0.2) is 49.2 Å². The van der Waals surface area contributed by atoms with Gasteiger partial charge < -0.3 is 10.2 Å². The molecule has 114 valence electrons. The maximum absolute atomic E-state index is 12.4. The first-order valence-electron chi connectivity index (χ1n) is 6.79. The maximum Gasteiger partial charge on any atom is 0.243 e. The van der Waals surface area contributed by atoms with Crippen LogP contribution in [0, 0.1) is 0 Å². The number of aliphatic hydroxyl groups excluding tert-OH is 2. The number of sulfonamides is 1. The van der Waals surface area contributed by atoms with E-state index in [4.69, 9.17) is 10.2 Å². The molecule has 5 nitrogen and oxygen atoms in total. The van der Waals surface area contributed by atoms with Crippen molar-refractivity contribution in [1.82, 2.24) is 4.31 Å². The Labute approximate surface area is 120 Å². The van der Waals surface area contributed by atoms with E-state index in [2.05, 4.69) is 13.8 Å². The second-order valence-electron chi connectivity index (χ2n) is 4.73. The third-order valence-corrected chi connectivity index (χ3v) is 5.31. The van der Waals surface area contributed by atoms with Crippen LogP contribution < -0.4 is 0 Å². The summed E-state index contributed by atoms with van der Waals surface area (Å²) in [7, 11) is -3.66. The number of nitrogens with zero attached hydrogens (tertiary/aromatic N) is 1. The molecule has 1 unspecified atom stereocenters. The Kier molecular flexibility index (Phi) is 6.61. The Morgan fingerprint density at radius 3 is 2.00 bits per heavy atom. The van der Waals surface area contributed by atoms with Gasteiger partial charge in [0.1, 0.15) is 0 Å². The Morgan fingerprint density at radius 1 is 1.10 bits per heavy atom. The molecule has 0 bridgehead atoms. The van der Waals surface area contributed by atoms with Gasteiger partial charge in [0.2, 0.25) is 10.0 Å². The van der Waals surface area contributed by atoms with Crippen LogP contribution in [-0.2, 0) is 10.0 Å². The van der Waals surface area contributed by atoms with Gasteiger partial charge in [-0.2, -0.15) is 4.31 Å². The quantitative estimate of drug-likeness (QED) is 0.756. The first kappa shape index (κ1) is 17.1. The summed E-state index contributed by atoms with van der Waals surface area (Å²) in [6.07, 6.45) is 0.993. The molecule has 1 atom stereocenters. The molecule has 2 N–H and O–H groups in total. The van der Waals surface area contributed by atoms with Crippen molar-refractivity contribution in [2.75, 3.05) is 26.3 Å². The molecular weight excluding hydrogens is 278 g/mol. The second-order valence-corrected chi connectivity index (χ2v) is 6.67. The largest absolute Gasteiger partial charge is 0.395 e. The van der Waals surface area contributed by atoms with Gasteiger partial charge in [0.25, 0.3) is 0 Å². The average molecular weight is 301 g/mol. The number of hydrogen-bond acceptors (Lipinski definition) is 4. The van der Waals surface area contributed by atoms with Crippen molar-refractivity contribution >= 4 is 10.0 Å². The Balaban J connectivity index is 3.02. The minimum Gasteiger partial charge on any atom is -0.395 e. The zero-order valence-electron chi connectivity index (χ0n) is 12.0. The van der Waals surface area contributed by atoms with Crippen molar-refractivity contribution in [3.05, 3.63) is 29.8 Å². The van der Waals surface area contributed by atoms with Gasteiger partial charge in [-0.15, -0.1) is 0 Å². The van der Waals surface area contributed by atoms with Crippen molar-refractivity contribution in [2.24, 2.45) is 0 Å². The molecule has 0 radical (unpaired) electrons. The molecule has 0 saturated carbocycles. The summed E-state index contributed by atoms with van der Waals surface area (Å²) in [5, 5.41) is 17.9. The summed E-state index contributed by atoms with van der Waals surface area (Å²) in [5.41, 5.74) is 1.10. The van der Waals surface area contributed by atoms with Gasteiger partial charge in [0.05, 0.1) is 18.1 Å². The summed E-state index contributed by atoms with van der Waals surface area (Å²) < 4.78 is 25.8. The van der Waals surface area contributed by atoms with Gasteiger partial charge in [-0.1, -0.05) is 26.0 Å². The fraction of sp³-hybridized carbons (Fsp3) is 0.571. The molecule has 1 aromatic rings. The average Bonchev–Trinajstić information content (AvgIpc) is 2.46. The minimum absolute atomic E-state index is 0.0178.